The first-order valence-corrected chi connectivity index (χ1v) is 9.36. The number of hydrogen-bond donors (Lipinski definition) is 0. The van der Waals surface area contributed by atoms with Gasteiger partial charge in [0, 0.05) is 25.7 Å². The Balaban J connectivity index is 1.72. The predicted molar refractivity (Wildman–Crippen MR) is 98.3 cm³/mol. The highest BCUT2D eigenvalue weighted by Gasteiger charge is 2.41. The molecule has 3 fully saturated rings. The van der Waals surface area contributed by atoms with Gasteiger partial charge in [0.25, 0.3) is 0 Å². The molecule has 4 rings (SSSR count). The molecule has 0 saturated carbocycles. The number of fused-ring (bicyclic) bond motifs is 4. The Morgan fingerprint density at radius 2 is 1.92 bits per heavy atom. The number of carbonyl (C=O) groups is 2. The van der Waals surface area contributed by atoms with Crippen LogP contribution in [-0.2, 0) is 16.0 Å². The molecular formula is C20H28N2O4. The zero-order valence-corrected chi connectivity index (χ0v) is 15.9. The van der Waals surface area contributed by atoms with Crippen LogP contribution >= 0.6 is 0 Å². The molecule has 142 valence electrons. The average Bonchev–Trinajstić information content (AvgIpc) is 2.94. The van der Waals surface area contributed by atoms with Gasteiger partial charge in [-0.1, -0.05) is 13.0 Å². The number of ether oxygens (including phenoxy) is 2. The summed E-state index contributed by atoms with van der Waals surface area (Å²) in [5.41, 5.74) is 0.890. The summed E-state index contributed by atoms with van der Waals surface area (Å²) in [5, 5.41) is 0. The lowest BCUT2D eigenvalue weighted by Crippen LogP contribution is -2.48. The summed E-state index contributed by atoms with van der Waals surface area (Å²) >= 11 is 0. The van der Waals surface area contributed by atoms with Crippen LogP contribution in [0, 0.1) is 5.92 Å². The van der Waals surface area contributed by atoms with E-state index in [4.69, 9.17) is 9.47 Å². The third-order valence-corrected chi connectivity index (χ3v) is 5.41. The summed E-state index contributed by atoms with van der Waals surface area (Å²) in [6.45, 7) is 4.07. The quantitative estimate of drug-likeness (QED) is 0.780. The second kappa shape index (κ2) is 7.98. The van der Waals surface area contributed by atoms with E-state index in [-0.39, 0.29) is 23.8 Å². The number of piperidine rings is 1. The summed E-state index contributed by atoms with van der Waals surface area (Å²) in [7, 11) is 3.18. The fourth-order valence-electron chi connectivity index (χ4n) is 4.06. The molecule has 6 nitrogen and oxygen atoms in total. The first kappa shape index (κ1) is 18.5. The number of amides is 2. The Hall–Kier alpha value is -2.24. The lowest BCUT2D eigenvalue weighted by Gasteiger charge is -2.35. The van der Waals surface area contributed by atoms with E-state index in [9.17, 15) is 9.59 Å². The highest BCUT2D eigenvalue weighted by Crippen LogP contribution is 2.31. The van der Waals surface area contributed by atoms with E-state index in [1.165, 1.54) is 0 Å². The van der Waals surface area contributed by atoms with Crippen LogP contribution in [0.2, 0.25) is 0 Å². The molecule has 2 amide bonds. The van der Waals surface area contributed by atoms with Gasteiger partial charge in [-0.25, -0.2) is 0 Å². The summed E-state index contributed by atoms with van der Waals surface area (Å²) in [5.74, 6) is 1.52. The monoisotopic (exact) mass is 360 g/mol. The van der Waals surface area contributed by atoms with Crippen LogP contribution in [0.3, 0.4) is 0 Å². The molecule has 0 radical (unpaired) electrons. The number of benzene rings is 1. The lowest BCUT2D eigenvalue weighted by atomic mass is 9.94. The van der Waals surface area contributed by atoms with Crippen molar-refractivity contribution in [2.24, 2.45) is 5.92 Å². The Kier molecular flexibility index (Phi) is 5.69. The number of nitrogens with zero attached hydrogens (tertiary/aromatic N) is 2. The summed E-state index contributed by atoms with van der Waals surface area (Å²) in [6.07, 6.45) is 3.15. The summed E-state index contributed by atoms with van der Waals surface area (Å²) < 4.78 is 10.6. The SMILES string of the molecule is CCCN1C(=O)C2CCC1CN(C(=O)Cc1ccc(OC)c(OC)c1)C2. The van der Waals surface area contributed by atoms with Crippen LogP contribution < -0.4 is 9.47 Å². The first-order chi connectivity index (χ1) is 12.6. The number of methoxy groups -OCH3 is 2. The fourth-order valence-corrected chi connectivity index (χ4v) is 4.06. The van der Waals surface area contributed by atoms with E-state index in [1.807, 2.05) is 28.0 Å². The normalized spacial score (nSPS) is 22.3. The molecule has 3 saturated heterocycles. The zero-order valence-electron chi connectivity index (χ0n) is 15.9. The van der Waals surface area contributed by atoms with E-state index in [1.54, 1.807) is 14.2 Å². The second-order valence-corrected chi connectivity index (χ2v) is 7.12. The van der Waals surface area contributed by atoms with Crippen molar-refractivity contribution >= 4 is 11.8 Å². The molecule has 1 aromatic rings. The highest BCUT2D eigenvalue weighted by molar-refractivity contribution is 5.84. The fraction of sp³-hybridized carbons (Fsp3) is 0.600. The molecule has 3 aliphatic heterocycles. The predicted octanol–water partition coefficient (Wildman–Crippen LogP) is 2.11. The molecule has 3 heterocycles. The van der Waals surface area contributed by atoms with Gasteiger partial charge in [-0.05, 0) is 37.0 Å². The van der Waals surface area contributed by atoms with Crippen molar-refractivity contribution in [1.29, 1.82) is 0 Å². The maximum absolute atomic E-state index is 12.9. The lowest BCUT2D eigenvalue weighted by molar-refractivity contribution is -0.139. The molecule has 0 aliphatic carbocycles. The van der Waals surface area contributed by atoms with Gasteiger partial charge in [0.2, 0.25) is 11.8 Å². The van der Waals surface area contributed by atoms with Gasteiger partial charge in [-0.2, -0.15) is 0 Å². The molecule has 2 unspecified atom stereocenters. The summed E-state index contributed by atoms with van der Waals surface area (Å²) in [4.78, 5) is 29.4. The van der Waals surface area contributed by atoms with Crippen LogP contribution in [0.1, 0.15) is 31.7 Å². The van der Waals surface area contributed by atoms with Crippen molar-refractivity contribution in [1.82, 2.24) is 9.80 Å². The van der Waals surface area contributed by atoms with E-state index >= 15 is 0 Å². The number of hydrogen-bond acceptors (Lipinski definition) is 4. The van der Waals surface area contributed by atoms with E-state index in [0.29, 0.717) is 31.0 Å². The van der Waals surface area contributed by atoms with Gasteiger partial charge in [0.05, 0.1) is 26.6 Å². The van der Waals surface area contributed by atoms with Crippen molar-refractivity contribution in [3.8, 4) is 11.5 Å². The zero-order chi connectivity index (χ0) is 18.7. The molecule has 2 atom stereocenters. The van der Waals surface area contributed by atoms with Crippen molar-refractivity contribution in [2.75, 3.05) is 33.9 Å². The van der Waals surface area contributed by atoms with Gasteiger partial charge in [0.1, 0.15) is 0 Å². The van der Waals surface area contributed by atoms with Gasteiger partial charge in [0.15, 0.2) is 11.5 Å². The largest absolute Gasteiger partial charge is 0.493 e. The van der Waals surface area contributed by atoms with Gasteiger partial charge >= 0.3 is 0 Å². The minimum Gasteiger partial charge on any atom is -0.493 e. The van der Waals surface area contributed by atoms with Gasteiger partial charge in [-0.3, -0.25) is 9.59 Å². The van der Waals surface area contributed by atoms with Crippen molar-refractivity contribution in [3.05, 3.63) is 23.8 Å². The van der Waals surface area contributed by atoms with Crippen molar-refractivity contribution < 1.29 is 19.1 Å². The molecule has 3 aliphatic rings. The number of carbonyl (C=O) groups excluding carboxylic acids is 2. The Bertz CT molecular complexity index is 676. The highest BCUT2D eigenvalue weighted by atomic mass is 16.5. The van der Waals surface area contributed by atoms with Crippen LogP contribution in [-0.4, -0.2) is 61.5 Å². The molecule has 0 aromatic heterocycles. The third kappa shape index (κ3) is 3.64. The molecule has 26 heavy (non-hydrogen) atoms. The Morgan fingerprint density at radius 1 is 1.15 bits per heavy atom. The Morgan fingerprint density at radius 3 is 2.62 bits per heavy atom. The molecule has 0 spiro atoms. The van der Waals surface area contributed by atoms with Crippen LogP contribution in [0.4, 0.5) is 0 Å². The topological polar surface area (TPSA) is 59.1 Å². The van der Waals surface area contributed by atoms with E-state index in [2.05, 4.69) is 6.92 Å². The van der Waals surface area contributed by atoms with Crippen LogP contribution in [0.25, 0.3) is 0 Å². The van der Waals surface area contributed by atoms with E-state index in [0.717, 1.165) is 31.4 Å². The van der Waals surface area contributed by atoms with Crippen molar-refractivity contribution in [2.45, 2.75) is 38.6 Å². The molecule has 1 aromatic carbocycles. The van der Waals surface area contributed by atoms with Crippen LogP contribution in [0.15, 0.2) is 18.2 Å². The van der Waals surface area contributed by atoms with Gasteiger partial charge < -0.3 is 19.3 Å². The van der Waals surface area contributed by atoms with E-state index < -0.39 is 0 Å². The average molecular weight is 360 g/mol. The third-order valence-electron chi connectivity index (χ3n) is 5.41. The maximum atomic E-state index is 12.9. The van der Waals surface area contributed by atoms with Gasteiger partial charge in [-0.15, -0.1) is 0 Å². The summed E-state index contributed by atoms with van der Waals surface area (Å²) in [6, 6.07) is 5.72. The number of rotatable bonds is 6. The molecule has 2 bridgehead atoms. The molecule has 6 heteroatoms. The van der Waals surface area contributed by atoms with Crippen LogP contribution in [0.5, 0.6) is 11.5 Å². The standard InChI is InChI=1S/C20H28N2O4/c1-4-9-22-16-7-6-15(20(22)24)12-21(13-16)19(23)11-14-5-8-17(25-2)18(10-14)26-3/h5,8,10,15-16H,4,6-7,9,11-13H2,1-3H3. The second-order valence-electron chi connectivity index (χ2n) is 7.12. The molecule has 0 N–H and O–H groups in total. The first-order valence-electron chi connectivity index (χ1n) is 9.36. The Labute approximate surface area is 155 Å². The molecular weight excluding hydrogens is 332 g/mol. The van der Waals surface area contributed by atoms with Crippen molar-refractivity contribution in [3.63, 3.8) is 0 Å². The smallest absolute Gasteiger partial charge is 0.227 e. The minimum atomic E-state index is -0.0466. The maximum Gasteiger partial charge on any atom is 0.227 e. The minimum absolute atomic E-state index is 0.0466.